The van der Waals surface area contributed by atoms with E-state index in [1.807, 2.05) is 27.7 Å². The highest BCUT2D eigenvalue weighted by molar-refractivity contribution is 5.82. The van der Waals surface area contributed by atoms with E-state index in [1.165, 1.54) is 0 Å². The van der Waals surface area contributed by atoms with E-state index in [9.17, 15) is 19.2 Å². The maximum Gasteiger partial charge on any atom is 0.313 e. The normalized spacial score (nSPS) is 48.2. The van der Waals surface area contributed by atoms with Crippen molar-refractivity contribution >= 4 is 23.9 Å². The van der Waals surface area contributed by atoms with Crippen LogP contribution in [0.4, 0.5) is 4.39 Å². The van der Waals surface area contributed by atoms with Gasteiger partial charge in [-0.2, -0.15) is 0 Å². The van der Waals surface area contributed by atoms with E-state index in [4.69, 9.17) is 18.9 Å². The van der Waals surface area contributed by atoms with E-state index in [2.05, 4.69) is 34.6 Å². The van der Waals surface area contributed by atoms with Crippen molar-refractivity contribution in [2.75, 3.05) is 6.61 Å². The number of hydrogen-bond donors (Lipinski definition) is 0. The molecule has 0 aromatic carbocycles. The molecule has 6 fully saturated rings. The summed E-state index contributed by atoms with van der Waals surface area (Å²) in [7, 11) is 0. The third-order valence-electron chi connectivity index (χ3n) is 16.5. The van der Waals surface area contributed by atoms with E-state index in [-0.39, 0.29) is 79.8 Å². The minimum Gasteiger partial charge on any atom is -0.465 e. The second kappa shape index (κ2) is 13.3. The standard InChI is InChI=1S/C42H65FO8/c1-10-13-31(44)48-24-38(7)28-17-18-39(8)29(37(28,6)23-27(49-32(45)14-11-2)35(38)50-33(46)15-12-3)22-30(43)42-34-26(5)25(4)16-19-41(34,36(47)51-42)21-20-40(39,42)9/h25-30,34-35H,10-24H2,1-9H3/t25-,26+,27-,28-,29-,30-,34-,35+,37+,38+,39-,40+,41+,42+/m1/s1. The molecule has 6 rings (SSSR count). The van der Waals surface area contributed by atoms with Gasteiger partial charge in [-0.1, -0.05) is 62.3 Å². The van der Waals surface area contributed by atoms with E-state index in [0.717, 1.165) is 38.5 Å². The van der Waals surface area contributed by atoms with E-state index < -0.39 is 51.1 Å². The zero-order valence-corrected chi connectivity index (χ0v) is 32.9. The van der Waals surface area contributed by atoms with Crippen LogP contribution < -0.4 is 0 Å². The van der Waals surface area contributed by atoms with Crippen LogP contribution in [0.5, 0.6) is 0 Å². The van der Waals surface area contributed by atoms with Crippen LogP contribution in [-0.2, 0) is 38.1 Å². The fraction of sp³-hybridized carbons (Fsp3) is 0.905. The van der Waals surface area contributed by atoms with Crippen LogP contribution in [-0.4, -0.2) is 54.5 Å². The topological polar surface area (TPSA) is 105 Å². The van der Waals surface area contributed by atoms with E-state index in [0.29, 0.717) is 31.6 Å². The maximum absolute atomic E-state index is 17.9. The zero-order valence-electron chi connectivity index (χ0n) is 32.9. The number of alkyl halides is 1. The summed E-state index contributed by atoms with van der Waals surface area (Å²) in [6.07, 6.45) is 4.97. The third kappa shape index (κ3) is 5.28. The second-order valence-corrected chi connectivity index (χ2v) is 18.9. The number of esters is 4. The summed E-state index contributed by atoms with van der Waals surface area (Å²) in [4.78, 5) is 53.5. The molecule has 1 heterocycles. The second-order valence-electron chi connectivity index (χ2n) is 18.9. The Morgan fingerprint density at radius 1 is 0.824 bits per heavy atom. The van der Waals surface area contributed by atoms with E-state index in [1.54, 1.807) is 0 Å². The van der Waals surface area contributed by atoms with Gasteiger partial charge in [0, 0.05) is 36.0 Å². The molecular formula is C42H65FO8. The lowest BCUT2D eigenvalue weighted by Crippen LogP contribution is -2.77. The van der Waals surface area contributed by atoms with Gasteiger partial charge in [0.15, 0.2) is 5.60 Å². The fourth-order valence-corrected chi connectivity index (χ4v) is 13.8. The molecule has 14 atom stereocenters. The molecule has 5 saturated carbocycles. The fourth-order valence-electron chi connectivity index (χ4n) is 13.8. The van der Waals surface area contributed by atoms with Crippen LogP contribution in [0.3, 0.4) is 0 Å². The Bertz CT molecular complexity index is 1400. The summed E-state index contributed by atoms with van der Waals surface area (Å²) < 4.78 is 43.2. The van der Waals surface area contributed by atoms with Crippen LogP contribution in [0.2, 0.25) is 0 Å². The third-order valence-corrected chi connectivity index (χ3v) is 16.5. The van der Waals surface area contributed by atoms with Gasteiger partial charge in [-0.3, -0.25) is 19.2 Å². The summed E-state index contributed by atoms with van der Waals surface area (Å²) >= 11 is 0. The quantitative estimate of drug-likeness (QED) is 0.163. The predicted molar refractivity (Wildman–Crippen MR) is 190 cm³/mol. The molecule has 1 aliphatic heterocycles. The minimum atomic E-state index is -1.35. The SMILES string of the molecule is CCCC(=O)OC[C@@]1(C)[C@@H]2CC[C@]3(C)[C@H](C[C@@H](F)[C@]45OC(=O)[C@@]6(CC[C@@H](C)[C@H](C)[C@H]64)CC[C@]53C)[C@@]2(C)C[C@@H](OC(=O)CCC)[C@@H]1OC(=O)CCC. The van der Waals surface area contributed by atoms with Gasteiger partial charge in [0.25, 0.3) is 0 Å². The Balaban J connectivity index is 1.46. The lowest BCUT2D eigenvalue weighted by molar-refractivity contribution is -0.319. The number of hydrogen-bond acceptors (Lipinski definition) is 8. The largest absolute Gasteiger partial charge is 0.465 e. The van der Waals surface area contributed by atoms with Crippen LogP contribution in [0, 0.1) is 56.7 Å². The summed E-state index contributed by atoms with van der Waals surface area (Å²) in [5.74, 6) is -1.12. The van der Waals surface area contributed by atoms with Gasteiger partial charge in [-0.25, -0.2) is 4.39 Å². The van der Waals surface area contributed by atoms with Crippen LogP contribution in [0.25, 0.3) is 0 Å². The summed E-state index contributed by atoms with van der Waals surface area (Å²) in [6.45, 7) is 19.1. The Kier molecular flexibility index (Phi) is 10.0. The minimum absolute atomic E-state index is 0.0132. The van der Waals surface area contributed by atoms with Crippen molar-refractivity contribution in [1.29, 1.82) is 0 Å². The lowest BCUT2D eigenvalue weighted by Gasteiger charge is -2.74. The van der Waals surface area contributed by atoms with Gasteiger partial charge in [0.1, 0.15) is 25.0 Å². The molecule has 2 bridgehead atoms. The molecule has 0 unspecified atom stereocenters. The highest BCUT2D eigenvalue weighted by Gasteiger charge is 2.84. The average Bonchev–Trinajstić information content (AvgIpc) is 3.28. The van der Waals surface area contributed by atoms with Crippen molar-refractivity contribution in [1.82, 2.24) is 0 Å². The molecule has 0 aromatic rings. The smallest absolute Gasteiger partial charge is 0.313 e. The zero-order chi connectivity index (χ0) is 37.4. The Hall–Kier alpha value is -2.19. The van der Waals surface area contributed by atoms with Crippen molar-refractivity contribution in [3.05, 3.63) is 0 Å². The molecule has 5 aliphatic carbocycles. The van der Waals surface area contributed by atoms with Crippen LogP contribution >= 0.6 is 0 Å². The first kappa shape index (κ1) is 38.5. The monoisotopic (exact) mass is 716 g/mol. The Morgan fingerprint density at radius 2 is 1.45 bits per heavy atom. The molecule has 1 spiro atoms. The van der Waals surface area contributed by atoms with Crippen molar-refractivity contribution in [2.24, 2.45) is 56.7 Å². The molecule has 0 aromatic heterocycles. The van der Waals surface area contributed by atoms with Crippen molar-refractivity contribution < 1.29 is 42.5 Å². The number of fused-ring (bicyclic) bond motifs is 4. The van der Waals surface area contributed by atoms with Crippen molar-refractivity contribution in [2.45, 2.75) is 176 Å². The van der Waals surface area contributed by atoms with Crippen LogP contribution in [0.15, 0.2) is 0 Å². The predicted octanol–water partition coefficient (Wildman–Crippen LogP) is 8.71. The first-order valence-corrected chi connectivity index (χ1v) is 20.4. The molecule has 6 aliphatic rings. The van der Waals surface area contributed by atoms with Gasteiger partial charge in [-0.05, 0) is 105 Å². The van der Waals surface area contributed by atoms with Gasteiger partial charge in [-0.15, -0.1) is 0 Å². The average molecular weight is 717 g/mol. The molecule has 8 nitrogen and oxygen atoms in total. The number of carbonyl (C=O) groups is 4. The molecule has 0 N–H and O–H groups in total. The Morgan fingerprint density at radius 3 is 2.10 bits per heavy atom. The number of rotatable bonds is 10. The number of carbonyl (C=O) groups excluding carboxylic acids is 4. The van der Waals surface area contributed by atoms with E-state index >= 15 is 4.39 Å². The molecule has 1 saturated heterocycles. The first-order valence-electron chi connectivity index (χ1n) is 20.4. The lowest BCUT2D eigenvalue weighted by atomic mass is 9.30. The number of halogens is 1. The maximum atomic E-state index is 17.9. The highest BCUT2D eigenvalue weighted by atomic mass is 19.1. The molecule has 51 heavy (non-hydrogen) atoms. The number of ether oxygens (including phenoxy) is 4. The highest BCUT2D eigenvalue weighted by Crippen LogP contribution is 2.81. The first-order chi connectivity index (χ1) is 24.0. The van der Waals surface area contributed by atoms with Gasteiger partial charge in [0.2, 0.25) is 0 Å². The summed E-state index contributed by atoms with van der Waals surface area (Å²) in [5, 5.41) is 0. The Labute approximate surface area is 305 Å². The van der Waals surface area contributed by atoms with Gasteiger partial charge >= 0.3 is 23.9 Å². The molecule has 9 heteroatoms. The van der Waals surface area contributed by atoms with Gasteiger partial charge in [0.05, 0.1) is 5.41 Å². The van der Waals surface area contributed by atoms with Crippen LogP contribution in [0.1, 0.15) is 152 Å². The molecule has 288 valence electrons. The molecule has 0 radical (unpaired) electrons. The van der Waals surface area contributed by atoms with Crippen molar-refractivity contribution in [3.8, 4) is 0 Å². The summed E-state index contributed by atoms with van der Waals surface area (Å²) in [6, 6.07) is 0. The summed E-state index contributed by atoms with van der Waals surface area (Å²) in [5.41, 5.74) is -4.29. The van der Waals surface area contributed by atoms with Gasteiger partial charge < -0.3 is 18.9 Å². The van der Waals surface area contributed by atoms with Crippen molar-refractivity contribution in [3.63, 3.8) is 0 Å². The molecule has 0 amide bonds. The molecular weight excluding hydrogens is 651 g/mol.